The first-order valence-electron chi connectivity index (χ1n) is 12.6. The fourth-order valence-electron chi connectivity index (χ4n) is 5.94. The lowest BCUT2D eigenvalue weighted by Gasteiger charge is -2.46. The molecule has 0 radical (unpaired) electrons. The molecule has 8 nitrogen and oxygen atoms in total. The van der Waals surface area contributed by atoms with Crippen LogP contribution in [-0.4, -0.2) is 88.3 Å². The predicted molar refractivity (Wildman–Crippen MR) is 130 cm³/mol. The second-order valence-corrected chi connectivity index (χ2v) is 9.72. The molecule has 0 spiro atoms. The van der Waals surface area contributed by atoms with E-state index in [1.807, 2.05) is 17.0 Å². The first-order valence-corrected chi connectivity index (χ1v) is 12.6. The quantitative estimate of drug-likeness (QED) is 0.549. The molecule has 4 rings (SSSR count). The summed E-state index contributed by atoms with van der Waals surface area (Å²) in [5, 5.41) is 0. The second kappa shape index (κ2) is 11.4. The van der Waals surface area contributed by atoms with Gasteiger partial charge in [0, 0.05) is 45.3 Å². The molecule has 0 aromatic heterocycles. The predicted octanol–water partition coefficient (Wildman–Crippen LogP) is 2.80. The van der Waals surface area contributed by atoms with E-state index >= 15 is 0 Å². The van der Waals surface area contributed by atoms with Gasteiger partial charge in [0.05, 0.1) is 32.4 Å². The summed E-state index contributed by atoms with van der Waals surface area (Å²) in [6, 6.07) is 5.97. The van der Waals surface area contributed by atoms with Gasteiger partial charge >= 0.3 is 0 Å². The summed E-state index contributed by atoms with van der Waals surface area (Å²) in [5.74, 6) is 1.37. The summed E-state index contributed by atoms with van der Waals surface area (Å²) in [6.07, 6.45) is 6.36. The average Bonchev–Trinajstić information content (AvgIpc) is 3.26. The molecule has 3 aliphatic rings. The van der Waals surface area contributed by atoms with Crippen LogP contribution in [0.25, 0.3) is 0 Å². The standard InChI is InChI=1S/C26H39N3O5/c1-32-14-13-28(17-19-7-6-12-27-11-5-4-8-22(19)27)26(31)20-15-25(30)29(18-20)23-10-9-21(33-2)16-24(23)34-3/h9-10,16,19-20,22H,4-8,11-15,17-18H2,1-3H3. The normalized spacial score (nSPS) is 25.2. The minimum absolute atomic E-state index is 0.0513. The molecule has 1 aromatic rings. The number of hydrogen-bond donors (Lipinski definition) is 0. The van der Waals surface area contributed by atoms with E-state index in [1.165, 1.54) is 38.8 Å². The van der Waals surface area contributed by atoms with Crippen LogP contribution in [0.3, 0.4) is 0 Å². The van der Waals surface area contributed by atoms with E-state index in [1.54, 1.807) is 32.3 Å². The Morgan fingerprint density at radius 1 is 1.09 bits per heavy atom. The molecule has 0 aliphatic carbocycles. The van der Waals surface area contributed by atoms with Crippen molar-refractivity contribution in [1.29, 1.82) is 0 Å². The minimum Gasteiger partial charge on any atom is -0.497 e. The van der Waals surface area contributed by atoms with E-state index in [0.29, 0.717) is 48.8 Å². The Morgan fingerprint density at radius 2 is 1.91 bits per heavy atom. The number of benzene rings is 1. The Kier molecular flexibility index (Phi) is 8.32. The van der Waals surface area contributed by atoms with Crippen molar-refractivity contribution in [2.24, 2.45) is 11.8 Å². The van der Waals surface area contributed by atoms with Gasteiger partial charge in [0.25, 0.3) is 0 Å². The zero-order chi connectivity index (χ0) is 24.1. The average molecular weight is 474 g/mol. The third kappa shape index (κ3) is 5.33. The van der Waals surface area contributed by atoms with Gasteiger partial charge in [-0.3, -0.25) is 9.59 Å². The Balaban J connectivity index is 1.47. The van der Waals surface area contributed by atoms with Crippen molar-refractivity contribution >= 4 is 17.5 Å². The molecule has 34 heavy (non-hydrogen) atoms. The van der Waals surface area contributed by atoms with Gasteiger partial charge < -0.3 is 28.9 Å². The number of hydrogen-bond acceptors (Lipinski definition) is 6. The van der Waals surface area contributed by atoms with Crippen molar-refractivity contribution in [3.8, 4) is 11.5 Å². The molecule has 0 N–H and O–H groups in total. The van der Waals surface area contributed by atoms with Crippen LogP contribution >= 0.6 is 0 Å². The van der Waals surface area contributed by atoms with E-state index < -0.39 is 0 Å². The van der Waals surface area contributed by atoms with Crippen molar-refractivity contribution < 1.29 is 23.8 Å². The number of amides is 2. The molecule has 0 bridgehead atoms. The molecule has 1 aromatic carbocycles. The number of fused-ring (bicyclic) bond motifs is 1. The SMILES string of the molecule is COCCN(CC1CCCN2CCCCC12)C(=O)C1CC(=O)N(c2ccc(OC)cc2OC)C1. The maximum Gasteiger partial charge on any atom is 0.228 e. The summed E-state index contributed by atoms with van der Waals surface area (Å²) in [5.41, 5.74) is 0.678. The van der Waals surface area contributed by atoms with Crippen molar-refractivity contribution in [3.63, 3.8) is 0 Å². The largest absolute Gasteiger partial charge is 0.497 e. The molecular weight excluding hydrogens is 434 g/mol. The Hall–Kier alpha value is -2.32. The first-order chi connectivity index (χ1) is 16.5. The van der Waals surface area contributed by atoms with Crippen molar-refractivity contribution in [1.82, 2.24) is 9.80 Å². The molecule has 2 amide bonds. The highest BCUT2D eigenvalue weighted by Gasteiger charge is 2.40. The lowest BCUT2D eigenvalue weighted by Crippen LogP contribution is -2.52. The number of piperidine rings is 2. The Bertz CT molecular complexity index is 861. The number of ether oxygens (including phenoxy) is 3. The topological polar surface area (TPSA) is 71.6 Å². The van der Waals surface area contributed by atoms with E-state index in [0.717, 1.165) is 13.0 Å². The molecule has 188 valence electrons. The maximum atomic E-state index is 13.7. The van der Waals surface area contributed by atoms with E-state index in [9.17, 15) is 9.59 Å². The van der Waals surface area contributed by atoms with Crippen LogP contribution in [0.2, 0.25) is 0 Å². The van der Waals surface area contributed by atoms with E-state index in [4.69, 9.17) is 14.2 Å². The highest BCUT2D eigenvalue weighted by Crippen LogP contribution is 2.37. The third-order valence-corrected chi connectivity index (χ3v) is 7.71. The molecular formula is C26H39N3O5. The number of carbonyl (C=O) groups is 2. The zero-order valence-electron chi connectivity index (χ0n) is 20.8. The summed E-state index contributed by atoms with van der Waals surface area (Å²) in [6.45, 7) is 4.55. The van der Waals surface area contributed by atoms with E-state index in [2.05, 4.69) is 4.90 Å². The van der Waals surface area contributed by atoms with Crippen LogP contribution in [0, 0.1) is 11.8 Å². The number of carbonyl (C=O) groups excluding carboxylic acids is 2. The molecule has 3 aliphatic heterocycles. The van der Waals surface area contributed by atoms with Crippen LogP contribution in [0.15, 0.2) is 18.2 Å². The van der Waals surface area contributed by atoms with Gasteiger partial charge in [-0.2, -0.15) is 0 Å². The van der Waals surface area contributed by atoms with Gasteiger partial charge in [0.2, 0.25) is 11.8 Å². The first kappa shape index (κ1) is 24.8. The second-order valence-electron chi connectivity index (χ2n) is 9.72. The lowest BCUT2D eigenvalue weighted by atomic mass is 9.83. The van der Waals surface area contributed by atoms with Crippen LogP contribution in [0.1, 0.15) is 38.5 Å². The Labute approximate surface area is 203 Å². The molecule has 3 atom stereocenters. The molecule has 3 unspecified atom stereocenters. The molecule has 3 heterocycles. The van der Waals surface area contributed by atoms with Crippen molar-refractivity contribution in [2.45, 2.75) is 44.6 Å². The van der Waals surface area contributed by atoms with Crippen LogP contribution in [0.5, 0.6) is 11.5 Å². The summed E-state index contributed by atoms with van der Waals surface area (Å²) < 4.78 is 16.1. The number of methoxy groups -OCH3 is 3. The summed E-state index contributed by atoms with van der Waals surface area (Å²) in [7, 11) is 4.84. The van der Waals surface area contributed by atoms with Crippen molar-refractivity contribution in [3.05, 3.63) is 18.2 Å². The fourth-order valence-corrected chi connectivity index (χ4v) is 5.94. The van der Waals surface area contributed by atoms with Crippen LogP contribution in [-0.2, 0) is 14.3 Å². The molecule has 0 saturated carbocycles. The van der Waals surface area contributed by atoms with Gasteiger partial charge in [0.1, 0.15) is 11.5 Å². The van der Waals surface area contributed by atoms with Gasteiger partial charge in [-0.25, -0.2) is 0 Å². The Morgan fingerprint density at radius 3 is 2.68 bits per heavy atom. The highest BCUT2D eigenvalue weighted by atomic mass is 16.5. The fraction of sp³-hybridized carbons (Fsp3) is 0.692. The summed E-state index contributed by atoms with van der Waals surface area (Å²) >= 11 is 0. The molecule has 3 fully saturated rings. The van der Waals surface area contributed by atoms with Gasteiger partial charge in [-0.15, -0.1) is 0 Å². The lowest BCUT2D eigenvalue weighted by molar-refractivity contribution is -0.137. The number of anilines is 1. The maximum absolute atomic E-state index is 13.7. The third-order valence-electron chi connectivity index (χ3n) is 7.71. The monoisotopic (exact) mass is 473 g/mol. The van der Waals surface area contributed by atoms with Gasteiger partial charge in [0.15, 0.2) is 0 Å². The van der Waals surface area contributed by atoms with Crippen LogP contribution in [0.4, 0.5) is 5.69 Å². The zero-order valence-corrected chi connectivity index (χ0v) is 20.8. The van der Waals surface area contributed by atoms with Crippen LogP contribution < -0.4 is 14.4 Å². The highest BCUT2D eigenvalue weighted by molar-refractivity contribution is 6.01. The summed E-state index contributed by atoms with van der Waals surface area (Å²) in [4.78, 5) is 32.9. The molecule has 8 heteroatoms. The van der Waals surface area contributed by atoms with Crippen molar-refractivity contribution in [2.75, 3.05) is 65.6 Å². The van der Waals surface area contributed by atoms with E-state index in [-0.39, 0.29) is 24.2 Å². The molecule has 3 saturated heterocycles. The van der Waals surface area contributed by atoms with Gasteiger partial charge in [-0.1, -0.05) is 6.42 Å². The number of nitrogens with zero attached hydrogens (tertiary/aromatic N) is 3. The smallest absolute Gasteiger partial charge is 0.228 e. The number of rotatable bonds is 9. The van der Waals surface area contributed by atoms with Gasteiger partial charge in [-0.05, 0) is 56.8 Å². The minimum atomic E-state index is -0.359.